The van der Waals surface area contributed by atoms with Crippen LogP contribution >= 0.6 is 0 Å². The van der Waals surface area contributed by atoms with Gasteiger partial charge in [0.1, 0.15) is 0 Å². The summed E-state index contributed by atoms with van der Waals surface area (Å²) in [6, 6.07) is 0. The molecule has 0 bridgehead atoms. The summed E-state index contributed by atoms with van der Waals surface area (Å²) < 4.78 is 0. The van der Waals surface area contributed by atoms with E-state index in [1.165, 1.54) is 19.5 Å². The predicted molar refractivity (Wildman–Crippen MR) is 60.9 cm³/mol. The third kappa shape index (κ3) is 8.04. The first-order valence-electron chi connectivity index (χ1n) is 5.35. The quantitative estimate of drug-likeness (QED) is 0.594. The summed E-state index contributed by atoms with van der Waals surface area (Å²) in [7, 11) is 2.18. The van der Waals surface area contributed by atoms with E-state index in [-0.39, 0.29) is 0 Å². The fourth-order valence-corrected chi connectivity index (χ4v) is 1.49. The zero-order valence-corrected chi connectivity index (χ0v) is 9.71. The van der Waals surface area contributed by atoms with Crippen LogP contribution in [-0.4, -0.2) is 25.0 Å². The van der Waals surface area contributed by atoms with Crippen LogP contribution in [0.2, 0.25) is 0 Å². The van der Waals surface area contributed by atoms with Gasteiger partial charge in [-0.2, -0.15) is 0 Å². The molecule has 13 heavy (non-hydrogen) atoms. The maximum Gasteiger partial charge on any atom is 0.000445 e. The Labute approximate surface area is 83.8 Å². The monoisotopic (exact) mass is 183 g/mol. The molecule has 1 aliphatic rings. The van der Waals surface area contributed by atoms with Crippen LogP contribution in [0.1, 0.15) is 33.6 Å². The maximum atomic E-state index is 3.60. The van der Waals surface area contributed by atoms with Crippen molar-refractivity contribution in [3.63, 3.8) is 0 Å². The normalized spacial score (nSPS) is 22.7. The van der Waals surface area contributed by atoms with E-state index in [9.17, 15) is 0 Å². The van der Waals surface area contributed by atoms with Crippen molar-refractivity contribution in [3.05, 3.63) is 12.7 Å². The van der Waals surface area contributed by atoms with Crippen LogP contribution in [0.15, 0.2) is 12.7 Å². The van der Waals surface area contributed by atoms with Crippen LogP contribution in [0.5, 0.6) is 0 Å². The summed E-state index contributed by atoms with van der Waals surface area (Å²) in [6.07, 6.45) is 4.49. The smallest absolute Gasteiger partial charge is 0.000445 e. The highest BCUT2D eigenvalue weighted by Gasteiger charge is 2.13. The Morgan fingerprint density at radius 3 is 2.23 bits per heavy atom. The molecule has 1 atom stereocenters. The molecule has 0 amide bonds. The summed E-state index contributed by atoms with van der Waals surface area (Å²) in [5.41, 5.74) is 0. The van der Waals surface area contributed by atoms with Gasteiger partial charge in [-0.15, -0.1) is 6.58 Å². The minimum absolute atomic E-state index is 0.780. The molecule has 1 fully saturated rings. The number of hydrogen-bond acceptors (Lipinski definition) is 1. The molecule has 0 spiro atoms. The molecule has 1 nitrogen and oxygen atoms in total. The largest absolute Gasteiger partial charge is 0.306 e. The molecule has 1 unspecified atom stereocenters. The number of likely N-dealkylation sites (tertiary alicyclic amines) is 1. The van der Waals surface area contributed by atoms with Gasteiger partial charge in [-0.1, -0.05) is 26.8 Å². The lowest BCUT2D eigenvalue weighted by Gasteiger charge is -2.03. The number of hydrogen-bond donors (Lipinski definition) is 0. The van der Waals surface area contributed by atoms with E-state index in [1.807, 2.05) is 6.08 Å². The Kier molecular flexibility index (Phi) is 6.97. The van der Waals surface area contributed by atoms with Crippen molar-refractivity contribution < 1.29 is 0 Å². The lowest BCUT2D eigenvalue weighted by Crippen LogP contribution is -2.12. The fourth-order valence-electron chi connectivity index (χ4n) is 1.49. The van der Waals surface area contributed by atoms with Crippen LogP contribution in [-0.2, 0) is 0 Å². The zero-order chi connectivity index (χ0) is 10.3. The highest BCUT2D eigenvalue weighted by atomic mass is 15.1. The molecular weight excluding hydrogens is 158 g/mol. The van der Waals surface area contributed by atoms with Crippen LogP contribution in [0.25, 0.3) is 0 Å². The molecule has 1 heteroatoms. The van der Waals surface area contributed by atoms with Crippen molar-refractivity contribution in [1.29, 1.82) is 0 Å². The third-order valence-corrected chi connectivity index (χ3v) is 2.27. The molecule has 0 aromatic carbocycles. The zero-order valence-electron chi connectivity index (χ0n) is 9.71. The van der Waals surface area contributed by atoms with Gasteiger partial charge in [0.25, 0.3) is 0 Å². The van der Waals surface area contributed by atoms with Crippen LogP contribution in [0, 0.1) is 11.8 Å². The van der Waals surface area contributed by atoms with E-state index in [0.29, 0.717) is 0 Å². The summed E-state index contributed by atoms with van der Waals surface area (Å²) in [5.74, 6) is 1.73. The van der Waals surface area contributed by atoms with Gasteiger partial charge in [0.05, 0.1) is 0 Å². The second-order valence-corrected chi connectivity index (χ2v) is 4.57. The first-order chi connectivity index (χ1) is 6.06. The highest BCUT2D eigenvalue weighted by Crippen LogP contribution is 2.11. The van der Waals surface area contributed by atoms with Crippen LogP contribution < -0.4 is 0 Å². The average Bonchev–Trinajstić information content (AvgIpc) is 2.35. The van der Waals surface area contributed by atoms with E-state index < -0.39 is 0 Å². The minimum Gasteiger partial charge on any atom is -0.306 e. The van der Waals surface area contributed by atoms with E-state index in [0.717, 1.165) is 18.3 Å². The topological polar surface area (TPSA) is 3.24 Å². The molecule has 1 aliphatic heterocycles. The standard InChI is InChI=1S/C6H13N.C6H12/c1-6-3-4-7(2)5-6;1-4-5-6(2)3/h6H,3-5H2,1-2H3;4,6H,1,5H2,2-3H3. The van der Waals surface area contributed by atoms with E-state index in [4.69, 9.17) is 0 Å². The molecule has 0 aromatic heterocycles. The van der Waals surface area contributed by atoms with E-state index >= 15 is 0 Å². The lowest BCUT2D eigenvalue weighted by molar-refractivity contribution is 0.402. The Bertz CT molecular complexity index is 121. The van der Waals surface area contributed by atoms with Gasteiger partial charge in [-0.05, 0) is 38.3 Å². The second-order valence-electron chi connectivity index (χ2n) is 4.57. The molecule has 0 N–H and O–H groups in total. The van der Waals surface area contributed by atoms with Gasteiger partial charge >= 0.3 is 0 Å². The first kappa shape index (κ1) is 12.7. The Balaban J connectivity index is 0.000000226. The first-order valence-corrected chi connectivity index (χ1v) is 5.35. The molecule has 1 heterocycles. The molecule has 0 saturated carbocycles. The van der Waals surface area contributed by atoms with E-state index in [1.54, 1.807) is 0 Å². The highest BCUT2D eigenvalue weighted by molar-refractivity contribution is 4.68. The van der Waals surface area contributed by atoms with Crippen molar-refractivity contribution in [2.75, 3.05) is 20.1 Å². The minimum atomic E-state index is 0.780. The molecule has 0 aromatic rings. The molecule has 1 saturated heterocycles. The fraction of sp³-hybridized carbons (Fsp3) is 0.833. The molecular formula is C12H25N. The Morgan fingerprint density at radius 1 is 1.54 bits per heavy atom. The van der Waals surface area contributed by atoms with Gasteiger partial charge < -0.3 is 4.90 Å². The SMILES string of the molecule is C=CCC(C)C.CC1CCN(C)C1. The molecule has 0 radical (unpaired) electrons. The number of nitrogens with zero attached hydrogens (tertiary/aromatic N) is 1. The van der Waals surface area contributed by atoms with Crippen molar-refractivity contribution in [2.24, 2.45) is 11.8 Å². The van der Waals surface area contributed by atoms with Crippen molar-refractivity contribution >= 4 is 0 Å². The van der Waals surface area contributed by atoms with Crippen LogP contribution in [0.3, 0.4) is 0 Å². The predicted octanol–water partition coefficient (Wildman–Crippen LogP) is 3.18. The summed E-state index contributed by atoms with van der Waals surface area (Å²) in [5, 5.41) is 0. The third-order valence-electron chi connectivity index (χ3n) is 2.27. The van der Waals surface area contributed by atoms with Crippen molar-refractivity contribution in [1.82, 2.24) is 4.90 Å². The van der Waals surface area contributed by atoms with Crippen molar-refractivity contribution in [2.45, 2.75) is 33.6 Å². The number of allylic oxidation sites excluding steroid dienone is 1. The molecule has 78 valence electrons. The number of rotatable bonds is 2. The summed E-state index contributed by atoms with van der Waals surface area (Å²) >= 11 is 0. The van der Waals surface area contributed by atoms with E-state index in [2.05, 4.69) is 39.3 Å². The Morgan fingerprint density at radius 2 is 2.15 bits per heavy atom. The van der Waals surface area contributed by atoms with Gasteiger partial charge in [0.2, 0.25) is 0 Å². The summed E-state index contributed by atoms with van der Waals surface area (Å²) in [4.78, 5) is 2.38. The van der Waals surface area contributed by atoms with Gasteiger partial charge in [0.15, 0.2) is 0 Å². The maximum absolute atomic E-state index is 3.60. The molecule has 0 aliphatic carbocycles. The van der Waals surface area contributed by atoms with Crippen LogP contribution in [0.4, 0.5) is 0 Å². The molecule has 1 rings (SSSR count). The van der Waals surface area contributed by atoms with Gasteiger partial charge in [0, 0.05) is 6.54 Å². The lowest BCUT2D eigenvalue weighted by atomic mass is 10.1. The van der Waals surface area contributed by atoms with Gasteiger partial charge in [-0.3, -0.25) is 0 Å². The van der Waals surface area contributed by atoms with Crippen molar-refractivity contribution in [3.8, 4) is 0 Å². The second kappa shape index (κ2) is 7.14. The Hall–Kier alpha value is -0.300. The average molecular weight is 183 g/mol. The summed E-state index contributed by atoms with van der Waals surface area (Å²) in [6.45, 7) is 12.9. The van der Waals surface area contributed by atoms with Gasteiger partial charge in [-0.25, -0.2) is 0 Å².